The molecule has 0 spiro atoms. The first-order valence-corrected chi connectivity index (χ1v) is 51.9. The molecule has 0 unspecified atom stereocenters. The third-order valence-corrected chi connectivity index (χ3v) is 32.7. The first-order valence-electron chi connectivity index (χ1n) is 51.0. The van der Waals surface area contributed by atoms with Crippen LogP contribution in [0.25, 0.3) is 328 Å². The fourth-order valence-electron chi connectivity index (χ4n) is 24.7. The number of nitrogens with zero attached hydrogens (tertiary/aromatic N) is 3. The molecule has 28 aromatic carbocycles. The van der Waals surface area contributed by atoms with Crippen molar-refractivity contribution >= 4 is 195 Å². The molecule has 33 rings (SSSR count). The lowest BCUT2D eigenvalue weighted by atomic mass is 9.88. The summed E-state index contributed by atoms with van der Waals surface area (Å²) in [6, 6.07) is 183. The van der Waals surface area contributed by atoms with Gasteiger partial charge < -0.3 is 8.83 Å². The lowest BCUT2D eigenvalue weighted by Crippen LogP contribution is -1.89. The Hall–Kier alpha value is -19.4. The first-order chi connectivity index (χ1) is 73.9. The van der Waals surface area contributed by atoms with E-state index in [0.29, 0.717) is 11.8 Å². The molecule has 2 aliphatic carbocycles. The van der Waals surface area contributed by atoms with Crippen LogP contribution in [-0.2, 0) is 0 Å². The molecule has 5 nitrogen and oxygen atoms in total. The number of aromatic nitrogens is 3. The number of hydrogen-bond acceptors (Lipinski definition) is 6. The molecule has 0 saturated carbocycles. The summed E-state index contributed by atoms with van der Waals surface area (Å²) in [6.45, 7) is 0. The molecule has 0 amide bonds. The number of benzene rings is 28. The predicted octanol–water partition coefficient (Wildman–Crippen LogP) is 40.4. The fraction of sp³-hybridized carbons (Fsp3) is 0. The van der Waals surface area contributed by atoms with E-state index in [9.17, 15) is 0 Å². The molecule has 0 radical (unpaired) electrons. The van der Waals surface area contributed by atoms with Crippen LogP contribution in [0.4, 0.5) is 0 Å². The van der Waals surface area contributed by atoms with Gasteiger partial charge in [0.05, 0.1) is 10.2 Å². The van der Waals surface area contributed by atoms with E-state index >= 15 is 0 Å². The van der Waals surface area contributed by atoms with Gasteiger partial charge in [0.15, 0.2) is 11.2 Å². The van der Waals surface area contributed by atoms with Gasteiger partial charge in [0.1, 0.15) is 16.0 Å². The van der Waals surface area contributed by atoms with Crippen molar-refractivity contribution in [2.75, 3.05) is 0 Å². The second-order valence-corrected chi connectivity index (χ2v) is 40.5. The monoisotopic (exact) mass is 1910 g/mol. The van der Waals surface area contributed by atoms with E-state index in [-0.39, 0.29) is 0 Å². The van der Waals surface area contributed by atoms with E-state index in [1.165, 1.54) is 234 Å². The first kappa shape index (κ1) is 84.2. The lowest BCUT2D eigenvalue weighted by Gasteiger charge is -2.15. The standard InChI is InChI=1S/C49H29NO.C47H27NO.C47H27NS/c1-2-10-31(11-3-1)49-50-46-27-22-30-18-19-33-28-32(20-23-37(33)47(30)48(46)51-49)35-25-26-36(39-13-5-4-12-38(35)39)34-21-24-44-42-16-7-6-14-40(42)41-15-8-9-17-43(41)45(44)29-34;1-2-9-29(10-3-1)47-48-43-26-20-28-17-18-31-27-30(19-21-33(31)44(28)46(43)49-47)32-22-23-38(35-12-5-4-11-34(32)35)39-24-25-42-37-14-7-6-13-36(37)40-15-8-16-41(39)45(40)42;1-2-9-30(10-3-1)47-48-43-26-21-29-19-17-28-18-20-31(27-42(28)44(29)46(43)49-47)32-22-23-37(34-12-5-4-11-33(32)34)38-24-25-41-36-14-7-6-13-35(36)39-15-8-16-40(38)45(39)41/h1-29H;2*1-27H. The predicted molar refractivity (Wildman–Crippen MR) is 631 cm³/mol. The third kappa shape index (κ3) is 13.4. The molecule has 0 fully saturated rings. The molecule has 3 heterocycles. The minimum Gasteiger partial charge on any atom is -0.435 e. The van der Waals surface area contributed by atoms with Crippen LogP contribution < -0.4 is 0 Å². The molecule has 149 heavy (non-hydrogen) atoms. The van der Waals surface area contributed by atoms with Crippen molar-refractivity contribution in [3.63, 3.8) is 0 Å². The summed E-state index contributed by atoms with van der Waals surface area (Å²) in [7, 11) is 0. The van der Waals surface area contributed by atoms with E-state index in [2.05, 4.69) is 443 Å². The van der Waals surface area contributed by atoms with Crippen LogP contribution >= 0.6 is 11.3 Å². The normalized spacial score (nSPS) is 12.0. The summed E-state index contributed by atoms with van der Waals surface area (Å²) in [5.74, 6) is 1.29. The average molecular weight is 1910 g/mol. The topological polar surface area (TPSA) is 65.0 Å². The summed E-state index contributed by atoms with van der Waals surface area (Å²) in [5, 5.41) is 35.9. The third-order valence-electron chi connectivity index (χ3n) is 31.6. The van der Waals surface area contributed by atoms with Crippen LogP contribution in [0.1, 0.15) is 0 Å². The average Bonchev–Trinajstić information content (AvgIpc) is 1.62. The van der Waals surface area contributed by atoms with E-state index in [1.807, 2.05) is 60.7 Å². The lowest BCUT2D eigenvalue weighted by molar-refractivity contribution is 0.623. The molecule has 0 atom stereocenters. The molecule has 3 aromatic heterocycles. The zero-order valence-electron chi connectivity index (χ0n) is 80.5. The second-order valence-electron chi connectivity index (χ2n) is 39.5. The highest BCUT2D eigenvalue weighted by molar-refractivity contribution is 7.22. The summed E-state index contributed by atoms with van der Waals surface area (Å²) >= 11 is 1.79. The van der Waals surface area contributed by atoms with Gasteiger partial charge >= 0.3 is 0 Å². The minimum absolute atomic E-state index is 0.645. The van der Waals surface area contributed by atoms with Crippen LogP contribution in [0.15, 0.2) is 512 Å². The molecule has 2 aliphatic rings. The van der Waals surface area contributed by atoms with E-state index in [0.717, 1.165) is 81.7 Å². The highest BCUT2D eigenvalue weighted by atomic mass is 32.1. The maximum absolute atomic E-state index is 6.46. The summed E-state index contributed by atoms with van der Waals surface area (Å²) in [5.41, 5.74) is 33.0. The van der Waals surface area contributed by atoms with Crippen LogP contribution in [0, 0.1) is 0 Å². The molecule has 31 aromatic rings. The Morgan fingerprint density at radius 1 is 0.141 bits per heavy atom. The van der Waals surface area contributed by atoms with Crippen molar-refractivity contribution in [2.45, 2.75) is 0 Å². The van der Waals surface area contributed by atoms with Crippen LogP contribution in [0.5, 0.6) is 0 Å². The van der Waals surface area contributed by atoms with Crippen LogP contribution in [0.3, 0.4) is 0 Å². The summed E-state index contributed by atoms with van der Waals surface area (Å²) < 4.78 is 14.2. The fourth-order valence-corrected chi connectivity index (χ4v) is 25.9. The largest absolute Gasteiger partial charge is 0.435 e. The van der Waals surface area contributed by atoms with Crippen LogP contribution in [0.2, 0.25) is 0 Å². The SMILES string of the molecule is c1ccc(-c2nc3ccc4ccc5cc(-c6ccc(-c7ccc8c9c(cccc79)-c7ccccc7-8)c7ccccc67)ccc5c4c3o2)cc1.c1ccc(-c2nc3ccc4ccc5cc(-c6ccc(-c7ccc8c9ccccc9c9ccccc9c8c7)c7ccccc67)ccc5c4c3o2)cc1.c1ccc(-c2nc3ccc4ccc5ccc(-c6ccc(-c7ccc8c9c(cccc79)-c7ccccc7-8)c7ccccc67)cc5c4c3s2)cc1. The highest BCUT2D eigenvalue weighted by Crippen LogP contribution is 2.55. The quantitative estimate of drug-likeness (QED) is 0.135. The molecule has 688 valence electrons. The van der Waals surface area contributed by atoms with Crippen molar-refractivity contribution in [1.29, 1.82) is 0 Å². The summed E-state index contributed by atoms with van der Waals surface area (Å²) in [4.78, 5) is 14.8. The number of rotatable bonds is 9. The molecule has 6 heteroatoms. The Bertz CT molecular complexity index is 11100. The van der Waals surface area contributed by atoms with Crippen molar-refractivity contribution in [3.05, 3.63) is 504 Å². The number of hydrogen-bond donors (Lipinski definition) is 0. The van der Waals surface area contributed by atoms with Crippen molar-refractivity contribution < 1.29 is 8.83 Å². The van der Waals surface area contributed by atoms with Gasteiger partial charge in [0.2, 0.25) is 11.8 Å². The van der Waals surface area contributed by atoms with Gasteiger partial charge in [-0.05, 0) is 313 Å². The van der Waals surface area contributed by atoms with Gasteiger partial charge in [0, 0.05) is 32.8 Å². The Balaban J connectivity index is 0.000000101. The maximum Gasteiger partial charge on any atom is 0.227 e. The van der Waals surface area contributed by atoms with Crippen molar-refractivity contribution in [3.8, 4) is 145 Å². The van der Waals surface area contributed by atoms with Gasteiger partial charge in [-0.25, -0.2) is 15.0 Å². The van der Waals surface area contributed by atoms with E-state index < -0.39 is 0 Å². The molecule has 0 aliphatic heterocycles. The molecular weight excluding hydrogens is 1820 g/mol. The van der Waals surface area contributed by atoms with Gasteiger partial charge in [-0.15, -0.1) is 11.3 Å². The second kappa shape index (κ2) is 33.6. The number of oxazole rings is 2. The maximum atomic E-state index is 6.46. The van der Waals surface area contributed by atoms with Crippen molar-refractivity contribution in [1.82, 2.24) is 15.0 Å². The van der Waals surface area contributed by atoms with Crippen molar-refractivity contribution in [2.24, 2.45) is 0 Å². The van der Waals surface area contributed by atoms with E-state index in [4.69, 9.17) is 23.8 Å². The Morgan fingerprint density at radius 2 is 0.423 bits per heavy atom. The minimum atomic E-state index is 0.645. The van der Waals surface area contributed by atoms with Gasteiger partial charge in [-0.1, -0.05) is 437 Å². The Morgan fingerprint density at radius 3 is 0.859 bits per heavy atom. The Labute approximate surface area is 860 Å². The smallest absolute Gasteiger partial charge is 0.227 e. The van der Waals surface area contributed by atoms with Crippen LogP contribution in [-0.4, -0.2) is 15.0 Å². The highest BCUT2D eigenvalue weighted by Gasteiger charge is 2.29. The molecule has 0 saturated heterocycles. The molecular formula is C143H83N3O2S. The zero-order valence-corrected chi connectivity index (χ0v) is 81.3. The van der Waals surface area contributed by atoms with Gasteiger partial charge in [-0.3, -0.25) is 0 Å². The molecule has 0 bridgehead atoms. The summed E-state index contributed by atoms with van der Waals surface area (Å²) in [6.07, 6.45) is 0. The Kier molecular flexibility index (Phi) is 19.0. The number of fused-ring (bicyclic) bond motifs is 30. The van der Waals surface area contributed by atoms with Gasteiger partial charge in [0.25, 0.3) is 0 Å². The number of thiazole rings is 1. The van der Waals surface area contributed by atoms with Gasteiger partial charge in [-0.2, -0.15) is 0 Å². The van der Waals surface area contributed by atoms with E-state index in [1.54, 1.807) is 11.3 Å². The molecule has 0 N–H and O–H groups in total. The zero-order chi connectivity index (χ0) is 97.6.